The molecule has 1 N–H and O–H groups in total. The summed E-state index contributed by atoms with van der Waals surface area (Å²) >= 11 is 0. The van der Waals surface area contributed by atoms with Crippen LogP contribution in [0.1, 0.15) is 12.6 Å². The van der Waals surface area contributed by atoms with Gasteiger partial charge in [-0.3, -0.25) is 9.20 Å². The van der Waals surface area contributed by atoms with Gasteiger partial charge in [0.2, 0.25) is 0 Å². The molecule has 2 heterocycles. The summed E-state index contributed by atoms with van der Waals surface area (Å²) in [6.45, 7) is 2.19. The van der Waals surface area contributed by atoms with E-state index in [1.807, 2.05) is 72.1 Å². The number of hydrogen-bond acceptors (Lipinski definition) is 4. The Kier molecular flexibility index (Phi) is 5.64. The number of aromatic nitrogens is 2. The number of methoxy groups -OCH3 is 1. The third-order valence-electron chi connectivity index (χ3n) is 4.05. The minimum Gasteiger partial charge on any atom is -0.383 e. The smallest absolute Gasteiger partial charge is 0.262 e. The van der Waals surface area contributed by atoms with E-state index in [4.69, 9.17) is 4.74 Å². The Bertz CT molecular complexity index is 1020. The highest BCUT2D eigenvalue weighted by molar-refractivity contribution is 6.02. The first-order valence-corrected chi connectivity index (χ1v) is 8.58. The van der Waals surface area contributed by atoms with Crippen LogP contribution in [-0.4, -0.2) is 35.1 Å². The Balaban J connectivity index is 2.08. The van der Waals surface area contributed by atoms with Crippen LogP contribution in [0.4, 0.5) is 0 Å². The highest BCUT2D eigenvalue weighted by atomic mass is 16.5. The van der Waals surface area contributed by atoms with E-state index in [-0.39, 0.29) is 11.6 Å². The van der Waals surface area contributed by atoms with Crippen molar-refractivity contribution in [3.63, 3.8) is 0 Å². The van der Waals surface area contributed by atoms with E-state index in [9.17, 15) is 10.1 Å². The zero-order valence-electron chi connectivity index (χ0n) is 15.2. The standard InChI is InChI=1S/C21H20N4O2/c1-15(14-27-2)23-21(26)17(13-22)12-18-20(16-8-4-3-5-9-16)24-19-10-6-7-11-25(18)19/h3-12,15H,14H2,1-2H3,(H,23,26)/b17-12+. The molecule has 1 atom stereocenters. The molecule has 2 aromatic heterocycles. The Morgan fingerprint density at radius 2 is 2.04 bits per heavy atom. The lowest BCUT2D eigenvalue weighted by atomic mass is 10.1. The second-order valence-electron chi connectivity index (χ2n) is 6.14. The van der Waals surface area contributed by atoms with Crippen LogP contribution in [0.25, 0.3) is 23.0 Å². The number of benzene rings is 1. The average molecular weight is 360 g/mol. The number of hydrogen-bond donors (Lipinski definition) is 1. The molecule has 0 fully saturated rings. The lowest BCUT2D eigenvalue weighted by Crippen LogP contribution is -2.36. The molecule has 0 aliphatic heterocycles. The summed E-state index contributed by atoms with van der Waals surface area (Å²) < 4.78 is 6.89. The van der Waals surface area contributed by atoms with Crippen molar-refractivity contribution in [2.24, 2.45) is 0 Å². The van der Waals surface area contributed by atoms with Gasteiger partial charge in [0.05, 0.1) is 18.0 Å². The average Bonchev–Trinajstić information content (AvgIpc) is 3.05. The summed E-state index contributed by atoms with van der Waals surface area (Å²) in [5.41, 5.74) is 3.07. The van der Waals surface area contributed by atoms with E-state index in [0.717, 1.165) is 11.2 Å². The van der Waals surface area contributed by atoms with E-state index in [0.29, 0.717) is 18.0 Å². The van der Waals surface area contributed by atoms with Crippen LogP contribution >= 0.6 is 0 Å². The molecule has 0 aliphatic carbocycles. The maximum atomic E-state index is 12.5. The number of nitriles is 1. The third kappa shape index (κ3) is 4.05. The summed E-state index contributed by atoms with van der Waals surface area (Å²) in [7, 11) is 1.56. The molecule has 6 nitrogen and oxygen atoms in total. The Labute approximate surface area is 157 Å². The first kappa shape index (κ1) is 18.4. The largest absolute Gasteiger partial charge is 0.383 e. The predicted octanol–water partition coefficient (Wildman–Crippen LogP) is 3.06. The van der Waals surface area contributed by atoms with E-state index in [1.54, 1.807) is 13.2 Å². The van der Waals surface area contributed by atoms with Crippen molar-refractivity contribution < 1.29 is 9.53 Å². The van der Waals surface area contributed by atoms with Crippen molar-refractivity contribution in [3.05, 3.63) is 66.0 Å². The SMILES string of the molecule is COCC(C)NC(=O)/C(C#N)=C/c1c(-c2ccccc2)nc2ccccn12. The van der Waals surface area contributed by atoms with Crippen molar-refractivity contribution in [2.45, 2.75) is 13.0 Å². The number of carbonyl (C=O) groups excluding carboxylic acids is 1. The zero-order chi connectivity index (χ0) is 19.2. The van der Waals surface area contributed by atoms with Crippen LogP contribution in [-0.2, 0) is 9.53 Å². The minimum atomic E-state index is -0.438. The Hall–Kier alpha value is -3.43. The summed E-state index contributed by atoms with van der Waals surface area (Å²) in [5.74, 6) is -0.438. The molecule has 1 unspecified atom stereocenters. The van der Waals surface area contributed by atoms with Crippen LogP contribution in [0.15, 0.2) is 60.3 Å². The molecule has 136 valence electrons. The van der Waals surface area contributed by atoms with Crippen molar-refractivity contribution in [1.29, 1.82) is 5.26 Å². The number of pyridine rings is 1. The monoisotopic (exact) mass is 360 g/mol. The Morgan fingerprint density at radius 1 is 1.30 bits per heavy atom. The Morgan fingerprint density at radius 3 is 2.74 bits per heavy atom. The van der Waals surface area contributed by atoms with E-state index in [1.165, 1.54) is 0 Å². The predicted molar refractivity (Wildman–Crippen MR) is 104 cm³/mol. The second kappa shape index (κ2) is 8.30. The molecular formula is C21H20N4O2. The number of ether oxygens (including phenoxy) is 1. The van der Waals surface area contributed by atoms with Crippen LogP contribution in [0.3, 0.4) is 0 Å². The third-order valence-corrected chi connectivity index (χ3v) is 4.05. The van der Waals surface area contributed by atoms with Crippen molar-refractivity contribution in [3.8, 4) is 17.3 Å². The number of imidazole rings is 1. The second-order valence-corrected chi connectivity index (χ2v) is 6.14. The molecule has 0 bridgehead atoms. The van der Waals surface area contributed by atoms with Crippen LogP contribution in [0, 0.1) is 11.3 Å². The maximum Gasteiger partial charge on any atom is 0.262 e. The fourth-order valence-corrected chi connectivity index (χ4v) is 2.84. The summed E-state index contributed by atoms with van der Waals surface area (Å²) in [6, 6.07) is 17.2. The van der Waals surface area contributed by atoms with Gasteiger partial charge in [-0.15, -0.1) is 0 Å². The van der Waals surface area contributed by atoms with Gasteiger partial charge in [0.15, 0.2) is 0 Å². The molecule has 0 radical (unpaired) electrons. The van der Waals surface area contributed by atoms with Gasteiger partial charge in [-0.2, -0.15) is 5.26 Å². The van der Waals surface area contributed by atoms with Crippen molar-refractivity contribution in [1.82, 2.24) is 14.7 Å². The van der Waals surface area contributed by atoms with Gasteiger partial charge in [0.1, 0.15) is 17.3 Å². The summed E-state index contributed by atoms with van der Waals surface area (Å²) in [4.78, 5) is 17.2. The van der Waals surface area contributed by atoms with E-state index in [2.05, 4.69) is 10.3 Å². The number of rotatable bonds is 6. The molecule has 3 aromatic rings. The number of carbonyl (C=O) groups is 1. The van der Waals surface area contributed by atoms with Gasteiger partial charge in [-0.25, -0.2) is 4.98 Å². The van der Waals surface area contributed by atoms with Gasteiger partial charge in [-0.1, -0.05) is 36.4 Å². The molecule has 0 saturated heterocycles. The molecule has 0 saturated carbocycles. The zero-order valence-corrected chi connectivity index (χ0v) is 15.2. The minimum absolute atomic E-state index is 0.0146. The van der Waals surface area contributed by atoms with Gasteiger partial charge in [0.25, 0.3) is 5.91 Å². The van der Waals surface area contributed by atoms with E-state index >= 15 is 0 Å². The van der Waals surface area contributed by atoms with Gasteiger partial charge in [0, 0.05) is 24.9 Å². The van der Waals surface area contributed by atoms with Gasteiger partial charge >= 0.3 is 0 Å². The molecule has 6 heteroatoms. The lowest BCUT2D eigenvalue weighted by Gasteiger charge is -2.12. The summed E-state index contributed by atoms with van der Waals surface area (Å²) in [6.07, 6.45) is 3.44. The van der Waals surface area contributed by atoms with Crippen LogP contribution in [0.2, 0.25) is 0 Å². The normalized spacial score (nSPS) is 12.6. The first-order valence-electron chi connectivity index (χ1n) is 8.58. The lowest BCUT2D eigenvalue weighted by molar-refractivity contribution is -0.117. The molecule has 27 heavy (non-hydrogen) atoms. The number of nitrogens with zero attached hydrogens (tertiary/aromatic N) is 3. The van der Waals surface area contributed by atoms with Crippen LogP contribution in [0.5, 0.6) is 0 Å². The molecule has 0 spiro atoms. The number of amides is 1. The molecule has 1 aromatic carbocycles. The highest BCUT2D eigenvalue weighted by Gasteiger charge is 2.17. The van der Waals surface area contributed by atoms with Gasteiger partial charge < -0.3 is 10.1 Å². The summed E-state index contributed by atoms with van der Waals surface area (Å²) in [5, 5.41) is 12.3. The fraction of sp³-hybridized carbons (Fsp3) is 0.190. The molecular weight excluding hydrogens is 340 g/mol. The highest BCUT2D eigenvalue weighted by Crippen LogP contribution is 2.26. The first-order chi connectivity index (χ1) is 13.1. The fourth-order valence-electron chi connectivity index (χ4n) is 2.84. The molecule has 1 amide bonds. The molecule has 0 aliphatic rings. The maximum absolute atomic E-state index is 12.5. The van der Waals surface area contributed by atoms with Crippen molar-refractivity contribution in [2.75, 3.05) is 13.7 Å². The van der Waals surface area contributed by atoms with Crippen LogP contribution < -0.4 is 5.32 Å². The number of nitrogens with one attached hydrogen (secondary N) is 1. The van der Waals surface area contributed by atoms with E-state index < -0.39 is 5.91 Å². The molecule has 3 rings (SSSR count). The number of fused-ring (bicyclic) bond motifs is 1. The van der Waals surface area contributed by atoms with Crippen molar-refractivity contribution >= 4 is 17.6 Å². The van der Waals surface area contributed by atoms with Gasteiger partial charge in [-0.05, 0) is 25.1 Å². The quantitative estimate of drug-likeness (QED) is 0.541. The topological polar surface area (TPSA) is 79.4 Å².